The molecule has 0 aliphatic carbocycles. The van der Waals surface area contributed by atoms with Crippen LogP contribution in [0.25, 0.3) is 12.2 Å². The van der Waals surface area contributed by atoms with E-state index in [9.17, 15) is 9.90 Å². The number of methoxy groups -OCH3 is 2. The molecule has 6 nitrogen and oxygen atoms in total. The molecular formula is C31H36O6. The van der Waals surface area contributed by atoms with E-state index in [-0.39, 0.29) is 11.5 Å². The molecule has 0 heterocycles. The number of aliphatic hydroxyl groups excluding tert-OH is 1. The van der Waals surface area contributed by atoms with Crippen molar-refractivity contribution >= 4 is 17.9 Å². The molecule has 0 spiro atoms. The SMILES string of the molecule is COc1cc(/C=C/C(=O)C=C(O)/C=C/c2ccc(OCC=C(C)C)c(OC)c2)ccc1OCC=C(C)C. The summed E-state index contributed by atoms with van der Waals surface area (Å²) < 4.78 is 22.2. The molecule has 0 aromatic heterocycles. The van der Waals surface area contributed by atoms with Gasteiger partial charge in [0.25, 0.3) is 0 Å². The molecule has 2 aromatic carbocycles. The maximum absolute atomic E-state index is 12.3. The first kappa shape index (κ1) is 29.0. The van der Waals surface area contributed by atoms with E-state index in [0.717, 1.165) is 17.2 Å². The van der Waals surface area contributed by atoms with Crippen molar-refractivity contribution in [1.29, 1.82) is 0 Å². The Bertz CT molecular complexity index is 1210. The van der Waals surface area contributed by atoms with Crippen molar-refractivity contribution in [2.45, 2.75) is 27.7 Å². The molecule has 0 bridgehead atoms. The van der Waals surface area contributed by atoms with Crippen LogP contribution in [0.1, 0.15) is 38.8 Å². The van der Waals surface area contributed by atoms with Crippen molar-refractivity contribution < 1.29 is 28.8 Å². The molecule has 1 N–H and O–H groups in total. The number of rotatable bonds is 13. The fraction of sp³-hybridized carbons (Fsp3) is 0.258. The fourth-order valence-corrected chi connectivity index (χ4v) is 3.01. The third-order valence-corrected chi connectivity index (χ3v) is 5.01. The normalized spacial score (nSPS) is 11.4. The Labute approximate surface area is 219 Å². The van der Waals surface area contributed by atoms with E-state index in [1.807, 2.05) is 52.0 Å². The second-order valence-corrected chi connectivity index (χ2v) is 8.64. The maximum Gasteiger partial charge on any atom is 0.182 e. The van der Waals surface area contributed by atoms with Crippen LogP contribution >= 0.6 is 0 Å². The van der Waals surface area contributed by atoms with Crippen LogP contribution in [0.2, 0.25) is 0 Å². The summed E-state index contributed by atoms with van der Waals surface area (Å²) >= 11 is 0. The molecule has 0 saturated heterocycles. The Morgan fingerprint density at radius 2 is 1.19 bits per heavy atom. The molecule has 0 amide bonds. The molecule has 6 heteroatoms. The molecular weight excluding hydrogens is 468 g/mol. The summed E-state index contributed by atoms with van der Waals surface area (Å²) in [5.41, 5.74) is 3.89. The monoisotopic (exact) mass is 504 g/mol. The van der Waals surface area contributed by atoms with E-state index in [0.29, 0.717) is 36.2 Å². The predicted molar refractivity (Wildman–Crippen MR) is 150 cm³/mol. The molecule has 0 saturated carbocycles. The zero-order chi connectivity index (χ0) is 27.2. The minimum absolute atomic E-state index is 0.168. The van der Waals surface area contributed by atoms with Crippen molar-refractivity contribution in [3.8, 4) is 23.0 Å². The highest BCUT2D eigenvalue weighted by Crippen LogP contribution is 2.29. The molecule has 0 radical (unpaired) electrons. The smallest absolute Gasteiger partial charge is 0.182 e. The molecule has 0 fully saturated rings. The summed E-state index contributed by atoms with van der Waals surface area (Å²) in [6.45, 7) is 8.93. The van der Waals surface area contributed by atoms with Crippen molar-refractivity contribution in [2.24, 2.45) is 0 Å². The quantitative estimate of drug-likeness (QED) is 0.135. The summed E-state index contributed by atoms with van der Waals surface area (Å²) in [6.07, 6.45) is 11.3. The van der Waals surface area contributed by atoms with Gasteiger partial charge in [-0.1, -0.05) is 35.4 Å². The standard InChI is InChI=1S/C31H36O6/c1-22(2)15-17-36-28-13-9-24(19-30(28)34-5)7-11-26(32)21-27(33)12-8-25-10-14-29(31(20-25)35-6)37-18-16-23(3)4/h7-16,19-21,32H,17-18H2,1-6H3/b11-7+,12-8+,26-21?. The lowest BCUT2D eigenvalue weighted by atomic mass is 10.1. The third kappa shape index (κ3) is 10.5. The summed E-state index contributed by atoms with van der Waals surface area (Å²) in [6, 6.07) is 10.8. The highest BCUT2D eigenvalue weighted by molar-refractivity contribution is 6.02. The van der Waals surface area contributed by atoms with Crippen LogP contribution < -0.4 is 18.9 Å². The lowest BCUT2D eigenvalue weighted by Crippen LogP contribution is -1.97. The number of aliphatic hydroxyl groups is 1. The zero-order valence-electron chi connectivity index (χ0n) is 22.4. The highest BCUT2D eigenvalue weighted by atomic mass is 16.5. The van der Waals surface area contributed by atoms with Crippen LogP contribution in [0.3, 0.4) is 0 Å². The van der Waals surface area contributed by atoms with Gasteiger partial charge in [-0.3, -0.25) is 4.79 Å². The minimum Gasteiger partial charge on any atom is -0.508 e. The molecule has 0 aliphatic heterocycles. The van der Waals surface area contributed by atoms with Crippen molar-refractivity contribution in [2.75, 3.05) is 27.4 Å². The van der Waals surface area contributed by atoms with Gasteiger partial charge in [-0.25, -0.2) is 0 Å². The van der Waals surface area contributed by atoms with Gasteiger partial charge in [0, 0.05) is 6.08 Å². The second kappa shape index (κ2) is 15.0. The topological polar surface area (TPSA) is 74.2 Å². The highest BCUT2D eigenvalue weighted by Gasteiger charge is 2.06. The van der Waals surface area contributed by atoms with Gasteiger partial charge in [0.15, 0.2) is 28.8 Å². The number of carbonyl (C=O) groups excluding carboxylic acids is 1. The number of allylic oxidation sites excluding steroid dienone is 5. The number of hydrogen-bond donors (Lipinski definition) is 1. The molecule has 0 atom stereocenters. The molecule has 37 heavy (non-hydrogen) atoms. The van der Waals surface area contributed by atoms with Crippen LogP contribution in [0.15, 0.2) is 83.7 Å². The maximum atomic E-state index is 12.3. The molecule has 0 unspecified atom stereocenters. The van der Waals surface area contributed by atoms with Crippen LogP contribution in [-0.4, -0.2) is 38.3 Å². The van der Waals surface area contributed by atoms with Crippen LogP contribution in [0.5, 0.6) is 23.0 Å². The summed E-state index contributed by atoms with van der Waals surface area (Å²) in [5.74, 6) is 1.87. The van der Waals surface area contributed by atoms with Crippen molar-refractivity contribution in [3.63, 3.8) is 0 Å². The minimum atomic E-state index is -0.356. The van der Waals surface area contributed by atoms with Gasteiger partial charge in [-0.05, 0) is 87.4 Å². The Kier molecular flexibility index (Phi) is 11.8. The Morgan fingerprint density at radius 1 is 0.730 bits per heavy atom. The van der Waals surface area contributed by atoms with Crippen molar-refractivity contribution in [3.05, 3.63) is 94.8 Å². The first-order valence-electron chi connectivity index (χ1n) is 11.9. The molecule has 2 aromatic rings. The van der Waals surface area contributed by atoms with E-state index < -0.39 is 0 Å². The van der Waals surface area contributed by atoms with Gasteiger partial charge in [0.2, 0.25) is 0 Å². The average Bonchev–Trinajstić information content (AvgIpc) is 2.86. The van der Waals surface area contributed by atoms with Gasteiger partial charge in [-0.2, -0.15) is 0 Å². The largest absolute Gasteiger partial charge is 0.508 e. The van der Waals surface area contributed by atoms with E-state index in [1.54, 1.807) is 50.6 Å². The third-order valence-electron chi connectivity index (χ3n) is 5.01. The van der Waals surface area contributed by atoms with Gasteiger partial charge in [0.05, 0.1) is 14.2 Å². The summed E-state index contributed by atoms with van der Waals surface area (Å²) in [4.78, 5) is 12.3. The summed E-state index contributed by atoms with van der Waals surface area (Å²) in [5, 5.41) is 10.2. The van der Waals surface area contributed by atoms with Crippen LogP contribution in [0.4, 0.5) is 0 Å². The lowest BCUT2D eigenvalue weighted by Gasteiger charge is -2.10. The van der Waals surface area contributed by atoms with E-state index in [4.69, 9.17) is 18.9 Å². The van der Waals surface area contributed by atoms with E-state index >= 15 is 0 Å². The van der Waals surface area contributed by atoms with Gasteiger partial charge in [-0.15, -0.1) is 0 Å². The van der Waals surface area contributed by atoms with E-state index in [2.05, 4.69) is 0 Å². The van der Waals surface area contributed by atoms with Gasteiger partial charge in [0.1, 0.15) is 19.0 Å². The molecule has 0 aliphatic rings. The second-order valence-electron chi connectivity index (χ2n) is 8.64. The van der Waals surface area contributed by atoms with Crippen LogP contribution in [0, 0.1) is 0 Å². The zero-order valence-corrected chi connectivity index (χ0v) is 22.4. The summed E-state index contributed by atoms with van der Waals surface area (Å²) in [7, 11) is 3.13. The number of benzene rings is 2. The number of carbonyl (C=O) groups is 1. The fourth-order valence-electron chi connectivity index (χ4n) is 3.01. The number of ether oxygens (including phenoxy) is 4. The van der Waals surface area contributed by atoms with Gasteiger partial charge >= 0.3 is 0 Å². The van der Waals surface area contributed by atoms with E-state index in [1.165, 1.54) is 23.3 Å². The number of ketones is 1. The number of hydrogen-bond acceptors (Lipinski definition) is 6. The van der Waals surface area contributed by atoms with Crippen LogP contribution in [-0.2, 0) is 4.79 Å². The first-order valence-corrected chi connectivity index (χ1v) is 11.9. The van der Waals surface area contributed by atoms with Crippen molar-refractivity contribution in [1.82, 2.24) is 0 Å². The Morgan fingerprint density at radius 3 is 1.62 bits per heavy atom. The predicted octanol–water partition coefficient (Wildman–Crippen LogP) is 7.13. The Balaban J connectivity index is 2.03. The molecule has 2 rings (SSSR count). The first-order chi connectivity index (χ1) is 17.7. The lowest BCUT2D eigenvalue weighted by molar-refractivity contribution is -0.110. The Hall–Kier alpha value is -4.19. The van der Waals surface area contributed by atoms with Gasteiger partial charge < -0.3 is 24.1 Å². The molecule has 196 valence electrons. The average molecular weight is 505 g/mol.